The van der Waals surface area contributed by atoms with Gasteiger partial charge in [0.05, 0.1) is 25.2 Å². The lowest BCUT2D eigenvalue weighted by atomic mass is 10.2. The Bertz CT molecular complexity index is 801. The quantitative estimate of drug-likeness (QED) is 0.327. The Kier molecular flexibility index (Phi) is 7.67. The maximum absolute atomic E-state index is 11.1. The summed E-state index contributed by atoms with van der Waals surface area (Å²) in [7, 11) is 1.62. The van der Waals surface area contributed by atoms with Gasteiger partial charge in [-0.25, -0.2) is 0 Å². The van der Waals surface area contributed by atoms with Gasteiger partial charge >= 0.3 is 5.69 Å². The molecule has 2 aromatic rings. The molecule has 0 heterocycles. The number of nitrogens with zero attached hydrogens (tertiary/aromatic N) is 1. The van der Waals surface area contributed by atoms with Gasteiger partial charge in [0.2, 0.25) is 0 Å². The van der Waals surface area contributed by atoms with Crippen molar-refractivity contribution in [2.24, 2.45) is 0 Å². The van der Waals surface area contributed by atoms with Crippen LogP contribution in [0.15, 0.2) is 42.5 Å². The highest BCUT2D eigenvalue weighted by Crippen LogP contribution is 2.29. The summed E-state index contributed by atoms with van der Waals surface area (Å²) in [5.74, 6) is 1.69. The van der Waals surface area contributed by atoms with Gasteiger partial charge in [0.15, 0.2) is 17.2 Å². The molecule has 144 valence electrons. The van der Waals surface area contributed by atoms with Crippen LogP contribution in [0.1, 0.15) is 30.9 Å². The summed E-state index contributed by atoms with van der Waals surface area (Å²) < 4.78 is 16.7. The molecule has 2 rings (SSSR count). The number of ether oxygens (including phenoxy) is 3. The second-order valence-electron chi connectivity index (χ2n) is 6.04. The number of aryl methyl sites for hydroxylation is 1. The molecule has 2 aromatic carbocycles. The van der Waals surface area contributed by atoms with E-state index in [-0.39, 0.29) is 5.69 Å². The Labute approximate surface area is 159 Å². The predicted molar refractivity (Wildman–Crippen MR) is 106 cm³/mol. The van der Waals surface area contributed by atoms with Crippen molar-refractivity contribution in [2.75, 3.05) is 20.3 Å². The zero-order valence-electron chi connectivity index (χ0n) is 15.9. The summed E-state index contributed by atoms with van der Waals surface area (Å²) in [6.07, 6.45) is 5.45. The average molecular weight is 371 g/mol. The number of hydrogen-bond donors (Lipinski definition) is 0. The maximum Gasteiger partial charge on any atom is 0.311 e. The zero-order valence-corrected chi connectivity index (χ0v) is 15.9. The molecule has 6 heteroatoms. The Hall–Kier alpha value is -3.02. The van der Waals surface area contributed by atoms with Crippen molar-refractivity contribution in [2.45, 2.75) is 26.7 Å². The standard InChI is InChI=1S/C21H25NO5/c1-4-7-17-9-11-20(21(15-17)25-3)27-13-6-5-12-26-19-10-8-16(2)14-18(19)22(23)24/h4,7-11,14-15H,5-6,12-13H2,1-3H3/b7-4+. The van der Waals surface area contributed by atoms with Crippen LogP contribution in [0.2, 0.25) is 0 Å². The van der Waals surface area contributed by atoms with E-state index >= 15 is 0 Å². The van der Waals surface area contributed by atoms with Gasteiger partial charge in [-0.15, -0.1) is 0 Å². The molecule has 0 N–H and O–H groups in total. The molecule has 0 fully saturated rings. The van der Waals surface area contributed by atoms with E-state index in [0.717, 1.165) is 24.0 Å². The second-order valence-corrected chi connectivity index (χ2v) is 6.04. The monoisotopic (exact) mass is 371 g/mol. The molecular weight excluding hydrogens is 346 g/mol. The molecule has 27 heavy (non-hydrogen) atoms. The van der Waals surface area contributed by atoms with Crippen LogP contribution in [0.4, 0.5) is 5.69 Å². The first-order valence-corrected chi connectivity index (χ1v) is 8.86. The lowest BCUT2D eigenvalue weighted by Gasteiger charge is -2.12. The van der Waals surface area contributed by atoms with Crippen LogP contribution in [-0.2, 0) is 0 Å². The molecule has 6 nitrogen and oxygen atoms in total. The molecular formula is C21H25NO5. The summed E-state index contributed by atoms with van der Waals surface area (Å²) in [4.78, 5) is 10.7. The molecule has 0 radical (unpaired) electrons. The summed E-state index contributed by atoms with van der Waals surface area (Å²) in [6.45, 7) is 4.68. The summed E-state index contributed by atoms with van der Waals surface area (Å²) in [6, 6.07) is 10.7. The average Bonchev–Trinajstić information content (AvgIpc) is 2.66. The number of nitro benzene ring substituents is 1. The second kappa shape index (κ2) is 10.2. The summed E-state index contributed by atoms with van der Waals surface area (Å²) in [5, 5.41) is 11.1. The molecule has 0 amide bonds. The first-order chi connectivity index (χ1) is 13.0. The van der Waals surface area contributed by atoms with Gasteiger partial charge < -0.3 is 14.2 Å². The fourth-order valence-corrected chi connectivity index (χ4v) is 2.56. The van der Waals surface area contributed by atoms with Gasteiger partial charge in [-0.3, -0.25) is 10.1 Å². The molecule has 0 saturated heterocycles. The Balaban J connectivity index is 1.79. The molecule has 0 aliphatic heterocycles. The van der Waals surface area contributed by atoms with Crippen molar-refractivity contribution in [3.8, 4) is 17.2 Å². The Morgan fingerprint density at radius 3 is 2.30 bits per heavy atom. The highest BCUT2D eigenvalue weighted by molar-refractivity contribution is 5.55. The molecule has 0 unspecified atom stereocenters. The first kappa shape index (κ1) is 20.3. The smallest absolute Gasteiger partial charge is 0.311 e. The third kappa shape index (κ3) is 6.02. The highest BCUT2D eigenvalue weighted by atomic mass is 16.6. The van der Waals surface area contributed by atoms with Gasteiger partial charge in [0.25, 0.3) is 0 Å². The van der Waals surface area contributed by atoms with Crippen molar-refractivity contribution in [1.82, 2.24) is 0 Å². The van der Waals surface area contributed by atoms with Crippen molar-refractivity contribution in [3.63, 3.8) is 0 Å². The number of methoxy groups -OCH3 is 1. The minimum absolute atomic E-state index is 0.00259. The molecule has 0 bridgehead atoms. The largest absolute Gasteiger partial charge is 0.493 e. The lowest BCUT2D eigenvalue weighted by Crippen LogP contribution is -2.04. The number of benzene rings is 2. The predicted octanol–water partition coefficient (Wildman–Crippen LogP) is 5.18. The SMILES string of the molecule is C/C=C/c1ccc(OCCCCOc2ccc(C)cc2[N+](=O)[O-])c(OC)c1. The third-order valence-electron chi connectivity index (χ3n) is 3.91. The minimum Gasteiger partial charge on any atom is -0.493 e. The van der Waals surface area contributed by atoms with E-state index in [1.807, 2.05) is 44.2 Å². The van der Waals surface area contributed by atoms with Crippen molar-refractivity contribution >= 4 is 11.8 Å². The van der Waals surface area contributed by atoms with Crippen LogP contribution in [0.3, 0.4) is 0 Å². The van der Waals surface area contributed by atoms with Crippen molar-refractivity contribution < 1.29 is 19.1 Å². The molecule has 0 atom stereocenters. The van der Waals surface area contributed by atoms with Gasteiger partial charge in [0.1, 0.15) is 0 Å². The first-order valence-electron chi connectivity index (χ1n) is 8.86. The third-order valence-corrected chi connectivity index (χ3v) is 3.91. The normalized spacial score (nSPS) is 10.8. The highest BCUT2D eigenvalue weighted by Gasteiger charge is 2.14. The maximum atomic E-state index is 11.1. The van der Waals surface area contributed by atoms with Crippen molar-refractivity contribution in [1.29, 1.82) is 0 Å². The van der Waals surface area contributed by atoms with Crippen LogP contribution >= 0.6 is 0 Å². The van der Waals surface area contributed by atoms with Crippen LogP contribution < -0.4 is 14.2 Å². The van der Waals surface area contributed by atoms with Gasteiger partial charge in [0, 0.05) is 6.07 Å². The van der Waals surface area contributed by atoms with E-state index in [2.05, 4.69) is 0 Å². The topological polar surface area (TPSA) is 70.8 Å². The van der Waals surface area contributed by atoms with E-state index in [0.29, 0.717) is 30.5 Å². The van der Waals surface area contributed by atoms with Gasteiger partial charge in [-0.05, 0) is 56.0 Å². The van der Waals surface area contributed by atoms with Crippen LogP contribution in [0, 0.1) is 17.0 Å². The van der Waals surface area contributed by atoms with Gasteiger partial charge in [-0.1, -0.05) is 24.3 Å². The van der Waals surface area contributed by atoms with Crippen molar-refractivity contribution in [3.05, 3.63) is 63.7 Å². The number of hydrogen-bond acceptors (Lipinski definition) is 5. The molecule has 0 aromatic heterocycles. The van der Waals surface area contributed by atoms with E-state index in [1.165, 1.54) is 6.07 Å². The fourth-order valence-electron chi connectivity index (χ4n) is 2.56. The van der Waals surface area contributed by atoms with Gasteiger partial charge in [-0.2, -0.15) is 0 Å². The molecule has 0 spiro atoms. The number of nitro groups is 1. The summed E-state index contributed by atoms with van der Waals surface area (Å²) >= 11 is 0. The van der Waals surface area contributed by atoms with E-state index in [9.17, 15) is 10.1 Å². The molecule has 0 aliphatic carbocycles. The minimum atomic E-state index is -0.422. The summed E-state index contributed by atoms with van der Waals surface area (Å²) in [5.41, 5.74) is 1.88. The van der Waals surface area contributed by atoms with E-state index in [1.54, 1.807) is 19.2 Å². The van der Waals surface area contributed by atoms with E-state index < -0.39 is 4.92 Å². The zero-order chi connectivity index (χ0) is 19.6. The number of rotatable bonds is 10. The Morgan fingerprint density at radius 2 is 1.67 bits per heavy atom. The number of allylic oxidation sites excluding steroid dienone is 1. The van der Waals surface area contributed by atoms with E-state index in [4.69, 9.17) is 14.2 Å². The van der Waals surface area contributed by atoms with Crippen LogP contribution in [0.5, 0.6) is 17.2 Å². The lowest BCUT2D eigenvalue weighted by molar-refractivity contribution is -0.385. The fraction of sp³-hybridized carbons (Fsp3) is 0.333. The molecule has 0 aliphatic rings. The van der Waals surface area contributed by atoms with Crippen LogP contribution in [-0.4, -0.2) is 25.2 Å². The Morgan fingerprint density at radius 1 is 1.00 bits per heavy atom. The van der Waals surface area contributed by atoms with Crippen LogP contribution in [0.25, 0.3) is 6.08 Å². The number of unbranched alkanes of at least 4 members (excludes halogenated alkanes) is 1. The molecule has 0 saturated carbocycles.